The number of nitrogens with zero attached hydrogens (tertiary/aromatic N) is 1. The lowest BCUT2D eigenvalue weighted by Gasteiger charge is -2.20. The highest BCUT2D eigenvalue weighted by atomic mass is 32.2. The summed E-state index contributed by atoms with van der Waals surface area (Å²) < 4.78 is 16.3. The molecule has 0 saturated carbocycles. The summed E-state index contributed by atoms with van der Waals surface area (Å²) in [7, 11) is 0. The topological polar surface area (TPSA) is 94.2 Å². The fourth-order valence-corrected chi connectivity index (χ4v) is 3.97. The van der Waals surface area contributed by atoms with E-state index in [1.807, 2.05) is 30.5 Å². The van der Waals surface area contributed by atoms with Gasteiger partial charge in [0.2, 0.25) is 5.91 Å². The molecule has 1 saturated heterocycles. The summed E-state index contributed by atoms with van der Waals surface area (Å²) in [4.78, 5) is 40.2. The monoisotopic (exact) mass is 456 g/mol. The summed E-state index contributed by atoms with van der Waals surface area (Å²) in [6, 6.07) is 12.7. The highest BCUT2D eigenvalue weighted by Crippen LogP contribution is 2.33. The van der Waals surface area contributed by atoms with E-state index in [1.165, 1.54) is 6.92 Å². The lowest BCUT2D eigenvalue weighted by Crippen LogP contribution is -2.33. The van der Waals surface area contributed by atoms with E-state index >= 15 is 0 Å². The van der Waals surface area contributed by atoms with Crippen molar-refractivity contribution in [3.05, 3.63) is 42.5 Å². The van der Waals surface area contributed by atoms with Crippen LogP contribution in [0.15, 0.2) is 47.4 Å². The number of fused-ring (bicyclic) bond motifs is 1. The molecule has 2 amide bonds. The first-order chi connectivity index (χ1) is 15.4. The van der Waals surface area contributed by atoms with Crippen molar-refractivity contribution in [3.8, 4) is 11.5 Å². The van der Waals surface area contributed by atoms with E-state index in [9.17, 15) is 14.4 Å². The lowest BCUT2D eigenvalue weighted by molar-refractivity contribution is -0.157. The maximum Gasteiger partial charge on any atom is 0.312 e. The zero-order chi connectivity index (χ0) is 22.7. The molecular weight excluding hydrogens is 432 g/mol. The smallest absolute Gasteiger partial charge is 0.312 e. The quantitative estimate of drug-likeness (QED) is 0.527. The Labute approximate surface area is 190 Å². The van der Waals surface area contributed by atoms with Crippen LogP contribution >= 0.6 is 11.8 Å². The van der Waals surface area contributed by atoms with Crippen molar-refractivity contribution in [2.24, 2.45) is 5.92 Å². The van der Waals surface area contributed by atoms with Crippen molar-refractivity contribution in [2.75, 3.05) is 36.2 Å². The first-order valence-corrected chi connectivity index (χ1v) is 11.5. The molecule has 0 aliphatic carbocycles. The largest absolute Gasteiger partial charge is 0.486 e. The van der Waals surface area contributed by atoms with Crippen LogP contribution in [0.25, 0.3) is 0 Å². The average Bonchev–Trinajstić information content (AvgIpc) is 3.20. The maximum atomic E-state index is 12.6. The number of hydrogen-bond acceptors (Lipinski definition) is 7. The minimum Gasteiger partial charge on any atom is -0.486 e. The second-order valence-electron chi connectivity index (χ2n) is 7.53. The summed E-state index contributed by atoms with van der Waals surface area (Å²) in [5, 5.41) is 2.71. The van der Waals surface area contributed by atoms with Crippen molar-refractivity contribution >= 4 is 40.9 Å². The van der Waals surface area contributed by atoms with Gasteiger partial charge in [-0.25, -0.2) is 0 Å². The molecule has 32 heavy (non-hydrogen) atoms. The van der Waals surface area contributed by atoms with E-state index in [4.69, 9.17) is 14.2 Å². The van der Waals surface area contributed by atoms with Crippen LogP contribution in [-0.4, -0.2) is 49.9 Å². The first-order valence-electron chi connectivity index (χ1n) is 10.3. The molecule has 0 spiro atoms. The van der Waals surface area contributed by atoms with E-state index < -0.39 is 23.9 Å². The van der Waals surface area contributed by atoms with Gasteiger partial charge in [-0.05, 0) is 49.6 Å². The highest BCUT2D eigenvalue weighted by molar-refractivity contribution is 7.98. The molecule has 0 bridgehead atoms. The summed E-state index contributed by atoms with van der Waals surface area (Å²) >= 11 is 1.61. The molecule has 1 N–H and O–H groups in total. The van der Waals surface area contributed by atoms with E-state index in [2.05, 4.69) is 5.32 Å². The standard InChI is InChI=1S/C23H24N2O6S/c1-14(22(27)24-16-3-8-19-20(12-16)30-10-9-29-19)31-23(28)15-11-21(26)25(13-15)17-4-6-18(32-2)7-5-17/h3-8,12,14-15H,9-11,13H2,1-2H3,(H,24,27). The third-order valence-electron chi connectivity index (χ3n) is 5.31. The molecule has 1 fully saturated rings. The second kappa shape index (κ2) is 9.52. The summed E-state index contributed by atoms with van der Waals surface area (Å²) in [5.74, 6) is -0.624. The molecule has 0 radical (unpaired) electrons. The van der Waals surface area contributed by atoms with Gasteiger partial charge in [-0.3, -0.25) is 14.4 Å². The number of nitrogens with one attached hydrogen (secondary N) is 1. The van der Waals surface area contributed by atoms with E-state index in [1.54, 1.807) is 34.9 Å². The number of carbonyl (C=O) groups excluding carboxylic acids is 3. The lowest BCUT2D eigenvalue weighted by atomic mass is 10.1. The van der Waals surface area contributed by atoms with Gasteiger partial charge in [0, 0.05) is 35.3 Å². The number of rotatable bonds is 6. The second-order valence-corrected chi connectivity index (χ2v) is 8.41. The van der Waals surface area contributed by atoms with Gasteiger partial charge in [-0.2, -0.15) is 0 Å². The zero-order valence-corrected chi connectivity index (χ0v) is 18.6. The molecule has 2 aliphatic heterocycles. The Kier molecular flexibility index (Phi) is 6.55. The predicted molar refractivity (Wildman–Crippen MR) is 120 cm³/mol. The molecule has 2 atom stereocenters. The molecule has 2 heterocycles. The molecule has 4 rings (SSSR count). The number of anilines is 2. The zero-order valence-electron chi connectivity index (χ0n) is 17.8. The van der Waals surface area contributed by atoms with Gasteiger partial charge in [0.05, 0.1) is 5.92 Å². The van der Waals surface area contributed by atoms with Crippen molar-refractivity contribution < 1.29 is 28.6 Å². The molecule has 2 aromatic rings. The third-order valence-corrected chi connectivity index (χ3v) is 6.06. The minimum atomic E-state index is -1.01. The molecule has 8 nitrogen and oxygen atoms in total. The Morgan fingerprint density at radius 2 is 1.84 bits per heavy atom. The Morgan fingerprint density at radius 1 is 1.12 bits per heavy atom. The Hall–Kier alpha value is -3.20. The van der Waals surface area contributed by atoms with Crippen molar-refractivity contribution in [1.29, 1.82) is 0 Å². The third kappa shape index (κ3) is 4.83. The van der Waals surface area contributed by atoms with Gasteiger partial charge in [-0.1, -0.05) is 0 Å². The van der Waals surface area contributed by atoms with E-state index in [0.717, 1.165) is 10.6 Å². The number of ether oxygens (including phenoxy) is 3. The number of benzene rings is 2. The van der Waals surface area contributed by atoms with Crippen molar-refractivity contribution in [1.82, 2.24) is 0 Å². The van der Waals surface area contributed by atoms with Gasteiger partial charge in [0.15, 0.2) is 17.6 Å². The van der Waals surface area contributed by atoms with Crippen LogP contribution in [0.4, 0.5) is 11.4 Å². The van der Waals surface area contributed by atoms with Crippen LogP contribution in [0.2, 0.25) is 0 Å². The van der Waals surface area contributed by atoms with Gasteiger partial charge in [-0.15, -0.1) is 11.8 Å². The first kappa shape index (κ1) is 22.0. The number of hydrogen-bond donors (Lipinski definition) is 1. The van der Waals surface area contributed by atoms with E-state index in [0.29, 0.717) is 30.4 Å². The summed E-state index contributed by atoms with van der Waals surface area (Å²) in [5.41, 5.74) is 1.26. The van der Waals surface area contributed by atoms with Crippen LogP contribution in [0.5, 0.6) is 11.5 Å². The molecular formula is C23H24N2O6S. The number of amides is 2. The highest BCUT2D eigenvalue weighted by Gasteiger charge is 2.37. The van der Waals surface area contributed by atoms with Crippen LogP contribution in [0.3, 0.4) is 0 Å². The SMILES string of the molecule is CSc1ccc(N2CC(C(=O)OC(C)C(=O)Nc3ccc4c(c3)OCCO4)CC2=O)cc1. The number of esters is 1. The van der Waals surface area contributed by atoms with Crippen molar-refractivity contribution in [2.45, 2.75) is 24.3 Å². The Morgan fingerprint density at radius 3 is 2.56 bits per heavy atom. The molecule has 9 heteroatoms. The van der Waals surface area contributed by atoms with Crippen LogP contribution in [0, 0.1) is 5.92 Å². The summed E-state index contributed by atoms with van der Waals surface area (Å²) in [6.45, 7) is 2.65. The van der Waals surface area contributed by atoms with E-state index in [-0.39, 0.29) is 18.9 Å². The van der Waals surface area contributed by atoms with Crippen LogP contribution in [0.1, 0.15) is 13.3 Å². The number of carbonyl (C=O) groups is 3. The molecule has 0 aromatic heterocycles. The molecule has 2 aromatic carbocycles. The summed E-state index contributed by atoms with van der Waals surface area (Å²) in [6.07, 6.45) is 1.02. The molecule has 2 unspecified atom stereocenters. The normalized spacial score (nSPS) is 18.2. The maximum absolute atomic E-state index is 12.6. The van der Waals surface area contributed by atoms with Gasteiger partial charge in [0.1, 0.15) is 13.2 Å². The predicted octanol–water partition coefficient (Wildman–Crippen LogP) is 3.10. The molecule has 168 valence electrons. The average molecular weight is 457 g/mol. The molecule has 2 aliphatic rings. The van der Waals surface area contributed by atoms with Crippen molar-refractivity contribution in [3.63, 3.8) is 0 Å². The Bertz CT molecular complexity index is 1030. The Balaban J connectivity index is 1.33. The minimum absolute atomic E-state index is 0.0552. The fourth-order valence-electron chi connectivity index (χ4n) is 3.57. The van der Waals surface area contributed by atoms with Gasteiger partial charge < -0.3 is 24.4 Å². The van der Waals surface area contributed by atoms with Crippen LogP contribution < -0.4 is 19.7 Å². The van der Waals surface area contributed by atoms with Gasteiger partial charge in [0.25, 0.3) is 5.91 Å². The number of thioether (sulfide) groups is 1. The van der Waals surface area contributed by atoms with Crippen LogP contribution in [-0.2, 0) is 19.1 Å². The van der Waals surface area contributed by atoms with Gasteiger partial charge >= 0.3 is 5.97 Å². The fraction of sp³-hybridized carbons (Fsp3) is 0.348.